The van der Waals surface area contributed by atoms with E-state index in [9.17, 15) is 9.59 Å². The summed E-state index contributed by atoms with van der Waals surface area (Å²) in [5, 5.41) is 11.7. The van der Waals surface area contributed by atoms with E-state index < -0.39 is 11.6 Å². The standard InChI is InChI=1S/C17H25NO5/c1-17(2,3)23-16(21)10-18-14(11-22-12-15(19)20)9-13-7-5-4-6-8-13/h4-8,14,18H,9-12H2,1-3H3,(H,19,20)/t14-/m1/s1. The Bertz CT molecular complexity index is 495. The normalized spacial score (nSPS) is 12.7. The van der Waals surface area contributed by atoms with Crippen LogP contribution in [0.25, 0.3) is 0 Å². The summed E-state index contributed by atoms with van der Waals surface area (Å²) in [6.45, 7) is 5.31. The van der Waals surface area contributed by atoms with Gasteiger partial charge in [-0.05, 0) is 32.8 Å². The van der Waals surface area contributed by atoms with Crippen molar-refractivity contribution in [3.05, 3.63) is 35.9 Å². The molecule has 0 saturated carbocycles. The van der Waals surface area contributed by atoms with Crippen LogP contribution in [-0.2, 0) is 25.5 Å². The Labute approximate surface area is 136 Å². The van der Waals surface area contributed by atoms with Crippen molar-refractivity contribution < 1.29 is 24.2 Å². The van der Waals surface area contributed by atoms with Gasteiger partial charge in [-0.25, -0.2) is 4.79 Å². The molecule has 0 heterocycles. The number of hydrogen-bond acceptors (Lipinski definition) is 5. The van der Waals surface area contributed by atoms with E-state index in [1.807, 2.05) is 51.1 Å². The van der Waals surface area contributed by atoms with Crippen molar-refractivity contribution in [2.24, 2.45) is 0 Å². The monoisotopic (exact) mass is 323 g/mol. The lowest BCUT2D eigenvalue weighted by molar-refractivity contribution is -0.154. The second-order valence-corrected chi connectivity index (χ2v) is 6.26. The molecule has 1 rings (SSSR count). The van der Waals surface area contributed by atoms with Gasteiger partial charge in [0.15, 0.2) is 0 Å². The predicted octanol–water partition coefficient (Wildman–Crippen LogP) is 1.63. The average Bonchev–Trinajstić information content (AvgIpc) is 2.43. The van der Waals surface area contributed by atoms with Gasteiger partial charge in [-0.15, -0.1) is 0 Å². The summed E-state index contributed by atoms with van der Waals surface area (Å²) >= 11 is 0. The second-order valence-electron chi connectivity index (χ2n) is 6.26. The smallest absolute Gasteiger partial charge is 0.329 e. The van der Waals surface area contributed by atoms with Gasteiger partial charge in [0, 0.05) is 6.04 Å². The van der Waals surface area contributed by atoms with Gasteiger partial charge in [0.05, 0.1) is 13.2 Å². The molecule has 1 aromatic carbocycles. The second kappa shape index (κ2) is 9.27. The molecule has 0 aromatic heterocycles. The number of ether oxygens (including phenoxy) is 2. The molecule has 2 N–H and O–H groups in total. The maximum atomic E-state index is 11.8. The van der Waals surface area contributed by atoms with E-state index in [-0.39, 0.29) is 31.8 Å². The highest BCUT2D eigenvalue weighted by molar-refractivity contribution is 5.72. The Morgan fingerprint density at radius 1 is 1.22 bits per heavy atom. The zero-order chi connectivity index (χ0) is 17.3. The Hall–Kier alpha value is -1.92. The van der Waals surface area contributed by atoms with E-state index in [1.54, 1.807) is 0 Å². The van der Waals surface area contributed by atoms with Crippen molar-refractivity contribution >= 4 is 11.9 Å². The van der Waals surface area contributed by atoms with E-state index in [4.69, 9.17) is 14.6 Å². The molecule has 6 nitrogen and oxygen atoms in total. The van der Waals surface area contributed by atoms with Gasteiger partial charge in [-0.3, -0.25) is 4.79 Å². The highest BCUT2D eigenvalue weighted by Gasteiger charge is 2.18. The van der Waals surface area contributed by atoms with Crippen LogP contribution in [0.2, 0.25) is 0 Å². The fourth-order valence-electron chi connectivity index (χ4n) is 1.98. The third kappa shape index (κ3) is 9.65. The Kier molecular flexibility index (Phi) is 7.71. The Balaban J connectivity index is 2.53. The molecule has 0 aliphatic carbocycles. The molecule has 0 bridgehead atoms. The molecule has 128 valence electrons. The number of carboxylic acids is 1. The minimum absolute atomic E-state index is 0.0468. The number of benzene rings is 1. The molecule has 0 unspecified atom stereocenters. The quantitative estimate of drug-likeness (QED) is 0.672. The van der Waals surface area contributed by atoms with Crippen LogP contribution in [0.1, 0.15) is 26.3 Å². The van der Waals surface area contributed by atoms with E-state index in [0.29, 0.717) is 6.42 Å². The molecule has 0 saturated heterocycles. The van der Waals surface area contributed by atoms with Crippen molar-refractivity contribution in [1.29, 1.82) is 0 Å². The SMILES string of the molecule is CC(C)(C)OC(=O)CN[C@@H](COCC(=O)O)Cc1ccccc1. The van der Waals surface area contributed by atoms with Gasteiger partial charge >= 0.3 is 11.9 Å². The predicted molar refractivity (Wildman–Crippen MR) is 86.2 cm³/mol. The molecular formula is C17H25NO5. The van der Waals surface area contributed by atoms with Crippen LogP contribution in [-0.4, -0.2) is 48.4 Å². The summed E-state index contributed by atoms with van der Waals surface area (Å²) in [7, 11) is 0. The number of aliphatic carboxylic acids is 1. The molecule has 23 heavy (non-hydrogen) atoms. The first kappa shape index (κ1) is 19.1. The van der Waals surface area contributed by atoms with Crippen molar-refractivity contribution in [1.82, 2.24) is 5.32 Å². The zero-order valence-electron chi connectivity index (χ0n) is 13.9. The molecule has 0 amide bonds. The van der Waals surface area contributed by atoms with Gasteiger partial charge in [-0.1, -0.05) is 30.3 Å². The first-order chi connectivity index (χ1) is 10.8. The number of carbonyl (C=O) groups excluding carboxylic acids is 1. The van der Waals surface area contributed by atoms with Crippen molar-refractivity contribution in [3.8, 4) is 0 Å². The summed E-state index contributed by atoms with van der Waals surface area (Å²) in [6, 6.07) is 9.55. The number of esters is 1. The van der Waals surface area contributed by atoms with Crippen LogP contribution in [0.15, 0.2) is 30.3 Å². The van der Waals surface area contributed by atoms with Crippen LogP contribution < -0.4 is 5.32 Å². The van der Waals surface area contributed by atoms with Crippen molar-refractivity contribution in [3.63, 3.8) is 0 Å². The lowest BCUT2D eigenvalue weighted by Crippen LogP contribution is -2.41. The Morgan fingerprint density at radius 3 is 2.43 bits per heavy atom. The third-order valence-corrected chi connectivity index (χ3v) is 2.82. The van der Waals surface area contributed by atoms with Crippen LogP contribution in [0.4, 0.5) is 0 Å². The molecule has 0 aliphatic rings. The fraction of sp³-hybridized carbons (Fsp3) is 0.529. The van der Waals surface area contributed by atoms with Crippen molar-refractivity contribution in [2.75, 3.05) is 19.8 Å². The molecule has 1 atom stereocenters. The lowest BCUT2D eigenvalue weighted by atomic mass is 10.1. The highest BCUT2D eigenvalue weighted by Crippen LogP contribution is 2.07. The van der Waals surface area contributed by atoms with E-state index in [1.165, 1.54) is 0 Å². The zero-order valence-corrected chi connectivity index (χ0v) is 13.9. The lowest BCUT2D eigenvalue weighted by Gasteiger charge is -2.22. The number of hydrogen-bond donors (Lipinski definition) is 2. The van der Waals surface area contributed by atoms with Gasteiger partial charge in [-0.2, -0.15) is 0 Å². The maximum absolute atomic E-state index is 11.8. The van der Waals surface area contributed by atoms with Gasteiger partial charge in [0.2, 0.25) is 0 Å². The van der Waals surface area contributed by atoms with Crippen molar-refractivity contribution in [2.45, 2.75) is 38.8 Å². The number of carboxylic acid groups (broad SMARTS) is 1. The summed E-state index contributed by atoms with van der Waals surface area (Å²) in [5.74, 6) is -1.37. The molecular weight excluding hydrogens is 298 g/mol. The van der Waals surface area contributed by atoms with Crippen LogP contribution >= 0.6 is 0 Å². The fourth-order valence-corrected chi connectivity index (χ4v) is 1.98. The molecule has 0 fully saturated rings. The molecule has 0 spiro atoms. The minimum Gasteiger partial charge on any atom is -0.480 e. The van der Waals surface area contributed by atoms with E-state index in [2.05, 4.69) is 5.32 Å². The molecule has 0 aliphatic heterocycles. The van der Waals surface area contributed by atoms with Crippen LogP contribution in [0.5, 0.6) is 0 Å². The average molecular weight is 323 g/mol. The minimum atomic E-state index is -1.02. The topological polar surface area (TPSA) is 84.9 Å². The molecule has 6 heteroatoms. The van der Waals surface area contributed by atoms with Crippen LogP contribution in [0.3, 0.4) is 0 Å². The molecule has 1 aromatic rings. The maximum Gasteiger partial charge on any atom is 0.329 e. The number of rotatable bonds is 9. The Morgan fingerprint density at radius 2 is 1.87 bits per heavy atom. The highest BCUT2D eigenvalue weighted by atomic mass is 16.6. The van der Waals surface area contributed by atoms with E-state index >= 15 is 0 Å². The first-order valence-corrected chi connectivity index (χ1v) is 7.55. The summed E-state index contributed by atoms with van der Waals surface area (Å²) < 4.78 is 10.4. The van der Waals surface area contributed by atoms with Gasteiger partial charge in [0.25, 0.3) is 0 Å². The summed E-state index contributed by atoms with van der Waals surface area (Å²) in [5.41, 5.74) is 0.543. The number of carbonyl (C=O) groups is 2. The van der Waals surface area contributed by atoms with Gasteiger partial charge < -0.3 is 19.9 Å². The number of nitrogens with one attached hydrogen (secondary N) is 1. The van der Waals surface area contributed by atoms with E-state index in [0.717, 1.165) is 5.56 Å². The van der Waals surface area contributed by atoms with Gasteiger partial charge in [0.1, 0.15) is 12.2 Å². The largest absolute Gasteiger partial charge is 0.480 e. The third-order valence-electron chi connectivity index (χ3n) is 2.82. The van der Waals surface area contributed by atoms with Crippen LogP contribution in [0, 0.1) is 0 Å². The first-order valence-electron chi connectivity index (χ1n) is 7.55. The molecule has 0 radical (unpaired) electrons. The summed E-state index contributed by atoms with van der Waals surface area (Å²) in [6.07, 6.45) is 0.628. The summed E-state index contributed by atoms with van der Waals surface area (Å²) in [4.78, 5) is 22.3.